The summed E-state index contributed by atoms with van der Waals surface area (Å²) in [4.78, 5) is 19.3. The molecule has 6 nitrogen and oxygen atoms in total. The Morgan fingerprint density at radius 3 is 2.64 bits per heavy atom. The van der Waals surface area contributed by atoms with Gasteiger partial charge >= 0.3 is 0 Å². The van der Waals surface area contributed by atoms with Crippen LogP contribution in [0.1, 0.15) is 57.8 Å². The van der Waals surface area contributed by atoms with Crippen LogP contribution in [-0.2, 0) is 14.6 Å². The van der Waals surface area contributed by atoms with Crippen LogP contribution in [0.4, 0.5) is 0 Å². The van der Waals surface area contributed by atoms with Crippen molar-refractivity contribution in [3.8, 4) is 0 Å². The smallest absolute Gasteiger partial charge is 0.221 e. The average Bonchev–Trinajstić information content (AvgIpc) is 3.14. The Morgan fingerprint density at radius 2 is 2.09 bits per heavy atom. The summed E-state index contributed by atoms with van der Waals surface area (Å²) in [5.41, 5.74) is 0. The van der Waals surface area contributed by atoms with E-state index in [2.05, 4.69) is 15.3 Å². The van der Waals surface area contributed by atoms with Crippen LogP contribution in [0.15, 0.2) is 12.4 Å². The SMILES string of the molecule is CC(C)[C@H](NC(=O)CCS(=O)(=O)C1CCCC1)c1ncc[nH]1. The van der Waals surface area contributed by atoms with Crippen molar-refractivity contribution >= 4 is 15.7 Å². The standard InChI is InChI=1S/C15H25N3O3S/c1-11(2)14(15-16-8-9-17-15)18-13(19)7-10-22(20,21)12-5-3-4-6-12/h8-9,11-12,14H,3-7,10H2,1-2H3,(H,16,17)(H,18,19)/t14-/m0/s1. The van der Waals surface area contributed by atoms with Gasteiger partial charge in [-0.2, -0.15) is 0 Å². The summed E-state index contributed by atoms with van der Waals surface area (Å²) in [6.07, 6.45) is 6.80. The molecule has 22 heavy (non-hydrogen) atoms. The summed E-state index contributed by atoms with van der Waals surface area (Å²) in [6, 6.07) is -0.225. The summed E-state index contributed by atoms with van der Waals surface area (Å²) in [5, 5.41) is 2.64. The van der Waals surface area contributed by atoms with Crippen molar-refractivity contribution in [3.05, 3.63) is 18.2 Å². The molecule has 1 fully saturated rings. The molecular weight excluding hydrogens is 302 g/mol. The average molecular weight is 327 g/mol. The highest BCUT2D eigenvalue weighted by Crippen LogP contribution is 2.25. The molecule has 0 unspecified atom stereocenters. The largest absolute Gasteiger partial charge is 0.347 e. The van der Waals surface area contributed by atoms with Crippen LogP contribution in [0, 0.1) is 5.92 Å². The van der Waals surface area contributed by atoms with E-state index in [1.54, 1.807) is 12.4 Å². The van der Waals surface area contributed by atoms with Crippen molar-refractivity contribution < 1.29 is 13.2 Å². The van der Waals surface area contributed by atoms with Crippen molar-refractivity contribution in [2.45, 2.75) is 57.2 Å². The maximum absolute atomic E-state index is 12.2. The highest BCUT2D eigenvalue weighted by molar-refractivity contribution is 7.92. The molecule has 1 atom stereocenters. The van der Waals surface area contributed by atoms with E-state index in [0.29, 0.717) is 5.82 Å². The lowest BCUT2D eigenvalue weighted by molar-refractivity contribution is -0.121. The fourth-order valence-corrected chi connectivity index (χ4v) is 4.75. The molecule has 0 bridgehead atoms. The van der Waals surface area contributed by atoms with Crippen molar-refractivity contribution in [2.75, 3.05) is 5.75 Å². The quantitative estimate of drug-likeness (QED) is 0.801. The highest BCUT2D eigenvalue weighted by atomic mass is 32.2. The highest BCUT2D eigenvalue weighted by Gasteiger charge is 2.29. The van der Waals surface area contributed by atoms with E-state index < -0.39 is 9.84 Å². The molecule has 0 saturated heterocycles. The number of rotatable bonds is 7. The third-order valence-corrected chi connectivity index (χ3v) is 6.48. The lowest BCUT2D eigenvalue weighted by atomic mass is 10.0. The number of hydrogen-bond donors (Lipinski definition) is 2. The van der Waals surface area contributed by atoms with Gasteiger partial charge in [-0.05, 0) is 18.8 Å². The molecule has 1 aromatic heterocycles. The molecule has 0 spiro atoms. The number of hydrogen-bond acceptors (Lipinski definition) is 4. The molecule has 7 heteroatoms. The van der Waals surface area contributed by atoms with Gasteiger partial charge < -0.3 is 10.3 Å². The molecule has 0 radical (unpaired) electrons. The van der Waals surface area contributed by atoms with Gasteiger partial charge in [0.15, 0.2) is 9.84 Å². The minimum Gasteiger partial charge on any atom is -0.347 e. The summed E-state index contributed by atoms with van der Waals surface area (Å²) >= 11 is 0. The van der Waals surface area contributed by atoms with E-state index in [0.717, 1.165) is 25.7 Å². The van der Waals surface area contributed by atoms with Crippen LogP contribution in [0.25, 0.3) is 0 Å². The zero-order valence-electron chi connectivity index (χ0n) is 13.2. The number of sulfone groups is 1. The summed E-state index contributed by atoms with van der Waals surface area (Å²) < 4.78 is 24.4. The Bertz CT molecular complexity index is 575. The van der Waals surface area contributed by atoms with Crippen LogP contribution in [-0.4, -0.2) is 35.3 Å². The van der Waals surface area contributed by atoms with Crippen LogP contribution in [0.3, 0.4) is 0 Å². The Labute approximate surface area is 132 Å². The fourth-order valence-electron chi connectivity index (χ4n) is 2.89. The predicted molar refractivity (Wildman–Crippen MR) is 85.0 cm³/mol. The number of nitrogens with one attached hydrogen (secondary N) is 2. The lowest BCUT2D eigenvalue weighted by Crippen LogP contribution is -2.34. The summed E-state index contributed by atoms with van der Waals surface area (Å²) in [7, 11) is -3.15. The van der Waals surface area contributed by atoms with Gasteiger partial charge in [0.1, 0.15) is 5.82 Å². The zero-order valence-corrected chi connectivity index (χ0v) is 14.0. The molecule has 1 heterocycles. The molecule has 2 N–H and O–H groups in total. The van der Waals surface area contributed by atoms with Gasteiger partial charge in [0.05, 0.1) is 17.0 Å². The molecular formula is C15H25N3O3S. The van der Waals surface area contributed by atoms with E-state index in [1.165, 1.54) is 0 Å². The van der Waals surface area contributed by atoms with E-state index in [4.69, 9.17) is 0 Å². The Kier molecular flexibility index (Phi) is 5.61. The molecule has 1 aliphatic carbocycles. The number of nitrogens with zero attached hydrogens (tertiary/aromatic N) is 1. The van der Waals surface area contributed by atoms with Gasteiger partial charge in [0, 0.05) is 18.8 Å². The van der Waals surface area contributed by atoms with Crippen LogP contribution >= 0.6 is 0 Å². The van der Waals surface area contributed by atoms with Crippen LogP contribution < -0.4 is 5.32 Å². The van der Waals surface area contributed by atoms with Gasteiger partial charge in [-0.1, -0.05) is 26.7 Å². The number of carbonyl (C=O) groups excluding carboxylic acids is 1. The first-order valence-corrected chi connectivity index (χ1v) is 9.62. The van der Waals surface area contributed by atoms with Gasteiger partial charge in [-0.3, -0.25) is 4.79 Å². The summed E-state index contributed by atoms with van der Waals surface area (Å²) in [6.45, 7) is 3.98. The molecule has 124 valence electrons. The maximum atomic E-state index is 12.2. The van der Waals surface area contributed by atoms with Crippen LogP contribution in [0.2, 0.25) is 0 Å². The fraction of sp³-hybridized carbons (Fsp3) is 0.733. The Morgan fingerprint density at radius 1 is 1.41 bits per heavy atom. The molecule has 0 aliphatic heterocycles. The van der Waals surface area contributed by atoms with Gasteiger partial charge in [-0.25, -0.2) is 13.4 Å². The third kappa shape index (κ3) is 4.32. The Balaban J connectivity index is 1.89. The van der Waals surface area contributed by atoms with Gasteiger partial charge in [0.25, 0.3) is 0 Å². The number of carbonyl (C=O) groups is 1. The zero-order chi connectivity index (χ0) is 16.2. The summed E-state index contributed by atoms with van der Waals surface area (Å²) in [5.74, 6) is 0.562. The second-order valence-electron chi connectivity index (χ2n) is 6.29. The minimum atomic E-state index is -3.15. The van der Waals surface area contributed by atoms with E-state index in [-0.39, 0.29) is 35.3 Å². The number of aromatic nitrogens is 2. The molecule has 1 aromatic rings. The number of H-pyrrole nitrogens is 1. The number of aromatic amines is 1. The maximum Gasteiger partial charge on any atom is 0.221 e. The lowest BCUT2D eigenvalue weighted by Gasteiger charge is -2.20. The van der Waals surface area contributed by atoms with Crippen LogP contribution in [0.5, 0.6) is 0 Å². The van der Waals surface area contributed by atoms with Crippen molar-refractivity contribution in [1.29, 1.82) is 0 Å². The molecule has 1 aliphatic rings. The second-order valence-corrected chi connectivity index (χ2v) is 8.69. The van der Waals surface area contributed by atoms with Crippen molar-refractivity contribution in [2.24, 2.45) is 5.92 Å². The number of amides is 1. The Hall–Kier alpha value is -1.37. The molecule has 1 amide bonds. The molecule has 0 aromatic carbocycles. The topological polar surface area (TPSA) is 91.9 Å². The third-order valence-electron chi connectivity index (χ3n) is 4.22. The van der Waals surface area contributed by atoms with Gasteiger partial charge in [0.2, 0.25) is 5.91 Å². The van der Waals surface area contributed by atoms with E-state index >= 15 is 0 Å². The van der Waals surface area contributed by atoms with Gasteiger partial charge in [-0.15, -0.1) is 0 Å². The van der Waals surface area contributed by atoms with Crippen molar-refractivity contribution in [1.82, 2.24) is 15.3 Å². The van der Waals surface area contributed by atoms with Crippen molar-refractivity contribution in [3.63, 3.8) is 0 Å². The van der Waals surface area contributed by atoms with E-state index in [9.17, 15) is 13.2 Å². The first-order chi connectivity index (χ1) is 10.4. The minimum absolute atomic E-state index is 0.0166. The normalized spacial score (nSPS) is 17.8. The molecule has 2 rings (SSSR count). The molecule has 1 saturated carbocycles. The first kappa shape index (κ1) is 17.0. The number of imidazole rings is 1. The second kappa shape index (κ2) is 7.26. The van der Waals surface area contributed by atoms with E-state index in [1.807, 2.05) is 13.8 Å². The first-order valence-electron chi connectivity index (χ1n) is 7.90. The predicted octanol–water partition coefficient (Wildman–Crippen LogP) is 1.97. The monoisotopic (exact) mass is 327 g/mol.